The van der Waals surface area contributed by atoms with Gasteiger partial charge in [-0.3, -0.25) is 4.90 Å². The van der Waals surface area contributed by atoms with E-state index in [4.69, 9.17) is 10.5 Å². The lowest BCUT2D eigenvalue weighted by Gasteiger charge is -2.39. The Balaban J connectivity index is 1.48. The standard InChI is InChI=1S/C17H25N3O2/c1-13-10-20(17(21)22-12-15-2-3-15)9-8-19(13)11-14-4-6-16(18)7-5-14/h4-7,13,15H,2-3,8-12,18H2,1H3. The molecule has 1 saturated heterocycles. The molecule has 1 saturated carbocycles. The van der Waals surface area contributed by atoms with Gasteiger partial charge >= 0.3 is 6.09 Å². The van der Waals surface area contributed by atoms with Crippen LogP contribution in [0.1, 0.15) is 25.3 Å². The highest BCUT2D eigenvalue weighted by atomic mass is 16.6. The molecular formula is C17H25N3O2. The molecule has 0 aromatic heterocycles. The molecule has 1 aromatic rings. The Morgan fingerprint density at radius 1 is 1.27 bits per heavy atom. The number of benzene rings is 1. The molecule has 120 valence electrons. The molecule has 2 aliphatic rings. The summed E-state index contributed by atoms with van der Waals surface area (Å²) in [4.78, 5) is 16.3. The van der Waals surface area contributed by atoms with Crippen LogP contribution in [0.5, 0.6) is 0 Å². The summed E-state index contributed by atoms with van der Waals surface area (Å²) in [6.45, 7) is 6.01. The van der Waals surface area contributed by atoms with Gasteiger partial charge in [0.2, 0.25) is 0 Å². The average molecular weight is 303 g/mol. The summed E-state index contributed by atoms with van der Waals surface area (Å²) in [6.07, 6.45) is 2.27. The zero-order valence-electron chi connectivity index (χ0n) is 13.2. The van der Waals surface area contributed by atoms with E-state index in [1.54, 1.807) is 0 Å². The van der Waals surface area contributed by atoms with E-state index in [1.165, 1.54) is 18.4 Å². The summed E-state index contributed by atoms with van der Waals surface area (Å²) >= 11 is 0. The van der Waals surface area contributed by atoms with Gasteiger partial charge in [-0.25, -0.2) is 4.79 Å². The minimum absolute atomic E-state index is 0.147. The molecule has 1 aliphatic carbocycles. The first-order valence-electron chi connectivity index (χ1n) is 8.12. The van der Waals surface area contributed by atoms with Crippen LogP contribution in [0, 0.1) is 5.92 Å². The van der Waals surface area contributed by atoms with E-state index < -0.39 is 0 Å². The van der Waals surface area contributed by atoms with E-state index in [2.05, 4.69) is 24.0 Å². The zero-order valence-corrected chi connectivity index (χ0v) is 13.2. The Morgan fingerprint density at radius 2 is 2.00 bits per heavy atom. The Morgan fingerprint density at radius 3 is 2.64 bits per heavy atom. The van der Waals surface area contributed by atoms with Crippen molar-refractivity contribution in [3.05, 3.63) is 29.8 Å². The van der Waals surface area contributed by atoms with Crippen molar-refractivity contribution in [2.24, 2.45) is 5.92 Å². The first-order valence-corrected chi connectivity index (χ1v) is 8.12. The Hall–Kier alpha value is -1.75. The number of ether oxygens (including phenoxy) is 1. The van der Waals surface area contributed by atoms with Crippen molar-refractivity contribution in [3.63, 3.8) is 0 Å². The molecule has 22 heavy (non-hydrogen) atoms. The quantitative estimate of drug-likeness (QED) is 0.867. The predicted octanol–water partition coefficient (Wildman–Crippen LogP) is 2.32. The largest absolute Gasteiger partial charge is 0.449 e. The molecule has 1 atom stereocenters. The average Bonchev–Trinajstić information content (AvgIpc) is 3.33. The van der Waals surface area contributed by atoms with E-state index in [0.717, 1.165) is 31.9 Å². The number of rotatable bonds is 4. The number of nitrogen functional groups attached to an aromatic ring is 1. The van der Waals surface area contributed by atoms with E-state index in [1.807, 2.05) is 17.0 Å². The van der Waals surface area contributed by atoms with Crippen LogP contribution >= 0.6 is 0 Å². The Kier molecular flexibility index (Phi) is 4.52. The maximum atomic E-state index is 12.0. The summed E-state index contributed by atoms with van der Waals surface area (Å²) in [7, 11) is 0. The van der Waals surface area contributed by atoms with Crippen LogP contribution in [0.2, 0.25) is 0 Å². The molecule has 2 N–H and O–H groups in total. The molecule has 0 radical (unpaired) electrons. The monoisotopic (exact) mass is 303 g/mol. The van der Waals surface area contributed by atoms with E-state index in [-0.39, 0.29) is 6.09 Å². The second-order valence-electron chi connectivity index (χ2n) is 6.53. The third-order valence-electron chi connectivity index (χ3n) is 4.53. The highest BCUT2D eigenvalue weighted by molar-refractivity contribution is 5.67. The SMILES string of the molecule is CC1CN(C(=O)OCC2CC2)CCN1Cc1ccc(N)cc1. The van der Waals surface area contributed by atoms with Crippen molar-refractivity contribution in [1.82, 2.24) is 9.80 Å². The minimum Gasteiger partial charge on any atom is -0.449 e. The number of amides is 1. The molecule has 0 spiro atoms. The van der Waals surface area contributed by atoms with Crippen molar-refractivity contribution >= 4 is 11.8 Å². The van der Waals surface area contributed by atoms with Crippen LogP contribution in [0.3, 0.4) is 0 Å². The topological polar surface area (TPSA) is 58.8 Å². The number of carbonyl (C=O) groups excluding carboxylic acids is 1. The summed E-state index contributed by atoms with van der Waals surface area (Å²) in [5.41, 5.74) is 7.77. The number of anilines is 1. The summed E-state index contributed by atoms with van der Waals surface area (Å²) in [6, 6.07) is 8.34. The molecule has 5 nitrogen and oxygen atoms in total. The molecular weight excluding hydrogens is 278 g/mol. The molecule has 1 aliphatic heterocycles. The lowest BCUT2D eigenvalue weighted by Crippen LogP contribution is -2.53. The lowest BCUT2D eigenvalue weighted by molar-refractivity contribution is 0.0503. The summed E-state index contributed by atoms with van der Waals surface area (Å²) < 4.78 is 5.38. The fourth-order valence-corrected chi connectivity index (χ4v) is 2.82. The Labute approximate surface area is 132 Å². The molecule has 1 aromatic carbocycles. The second kappa shape index (κ2) is 6.57. The highest BCUT2D eigenvalue weighted by Gasteiger charge is 2.29. The number of hydrogen-bond donors (Lipinski definition) is 1. The van der Waals surface area contributed by atoms with Gasteiger partial charge in [-0.2, -0.15) is 0 Å². The van der Waals surface area contributed by atoms with E-state index in [9.17, 15) is 4.79 Å². The lowest BCUT2D eigenvalue weighted by atomic mass is 10.1. The molecule has 1 amide bonds. The maximum Gasteiger partial charge on any atom is 0.409 e. The highest BCUT2D eigenvalue weighted by Crippen LogP contribution is 2.29. The summed E-state index contributed by atoms with van der Waals surface area (Å²) in [5, 5.41) is 0. The molecule has 1 unspecified atom stereocenters. The van der Waals surface area contributed by atoms with Crippen LogP contribution in [0.15, 0.2) is 24.3 Å². The number of hydrogen-bond acceptors (Lipinski definition) is 4. The number of carbonyl (C=O) groups is 1. The Bertz CT molecular complexity index is 513. The number of nitrogens with zero attached hydrogens (tertiary/aromatic N) is 2. The first-order chi connectivity index (χ1) is 10.6. The maximum absolute atomic E-state index is 12.0. The number of piperazine rings is 1. The molecule has 5 heteroatoms. The van der Waals surface area contributed by atoms with Crippen molar-refractivity contribution in [2.75, 3.05) is 32.0 Å². The summed E-state index contributed by atoms with van der Waals surface area (Å²) in [5.74, 6) is 0.619. The van der Waals surface area contributed by atoms with Gasteiger partial charge in [0.15, 0.2) is 0 Å². The van der Waals surface area contributed by atoms with Crippen LogP contribution in [0.4, 0.5) is 10.5 Å². The van der Waals surface area contributed by atoms with Gasteiger partial charge in [-0.05, 0) is 43.4 Å². The van der Waals surface area contributed by atoms with Crippen LogP contribution in [-0.2, 0) is 11.3 Å². The van der Waals surface area contributed by atoms with Crippen molar-refractivity contribution in [1.29, 1.82) is 0 Å². The van der Waals surface area contributed by atoms with E-state index in [0.29, 0.717) is 18.6 Å². The molecule has 1 heterocycles. The van der Waals surface area contributed by atoms with Crippen molar-refractivity contribution in [2.45, 2.75) is 32.4 Å². The molecule has 3 rings (SSSR count). The third kappa shape index (κ3) is 3.91. The van der Waals surface area contributed by atoms with Crippen LogP contribution in [0.25, 0.3) is 0 Å². The third-order valence-corrected chi connectivity index (χ3v) is 4.53. The minimum atomic E-state index is -0.147. The molecule has 2 fully saturated rings. The van der Waals surface area contributed by atoms with Crippen molar-refractivity contribution < 1.29 is 9.53 Å². The van der Waals surface area contributed by atoms with Crippen molar-refractivity contribution in [3.8, 4) is 0 Å². The molecule has 0 bridgehead atoms. The van der Waals surface area contributed by atoms with Gasteiger partial charge < -0.3 is 15.4 Å². The predicted molar refractivity (Wildman–Crippen MR) is 86.4 cm³/mol. The number of nitrogens with two attached hydrogens (primary N) is 1. The zero-order chi connectivity index (χ0) is 15.5. The van der Waals surface area contributed by atoms with Gasteiger partial charge in [0.1, 0.15) is 0 Å². The van der Waals surface area contributed by atoms with Gasteiger partial charge in [-0.15, -0.1) is 0 Å². The smallest absolute Gasteiger partial charge is 0.409 e. The first kappa shape index (κ1) is 15.2. The normalized spacial score (nSPS) is 22.6. The van der Waals surface area contributed by atoms with Gasteiger partial charge in [0.05, 0.1) is 6.61 Å². The van der Waals surface area contributed by atoms with E-state index >= 15 is 0 Å². The fourth-order valence-electron chi connectivity index (χ4n) is 2.82. The fraction of sp³-hybridized carbons (Fsp3) is 0.588. The second-order valence-corrected chi connectivity index (χ2v) is 6.53. The van der Waals surface area contributed by atoms with Crippen LogP contribution < -0.4 is 5.73 Å². The van der Waals surface area contributed by atoms with Crippen LogP contribution in [-0.4, -0.2) is 48.2 Å². The van der Waals surface area contributed by atoms with Gasteiger partial charge in [0.25, 0.3) is 0 Å². The van der Waals surface area contributed by atoms with Gasteiger partial charge in [-0.1, -0.05) is 12.1 Å². The van der Waals surface area contributed by atoms with Gasteiger partial charge in [0, 0.05) is 37.9 Å².